The molecule has 0 spiro atoms. The highest BCUT2D eigenvalue weighted by Gasteiger charge is 2.25. The highest BCUT2D eigenvalue weighted by molar-refractivity contribution is 7.89. The number of carbonyl (C=O) groups excluding carboxylic acids is 2. The standard InChI is InChI=1S/C23H23Cl2F2N3O4S2/c24-15-7-8-20(16(25)12-15)36(33,34)29-10-4-3-9-28-22(31)17(13-21(26)27)30-23(32)19-11-14-5-1-2-6-18(14)35-19/h1-2,5-8,11-12,17,21,29H,3-4,9-10,13H2,(H,28,31)(H,30,32). The molecule has 3 aromatic rings. The minimum atomic E-state index is -3.85. The molecule has 0 aliphatic rings. The number of unbranched alkanes of at least 4 members (excludes halogenated alkanes) is 1. The maximum absolute atomic E-state index is 13.0. The largest absolute Gasteiger partial charge is 0.354 e. The Hall–Kier alpha value is -2.31. The first kappa shape index (κ1) is 28.3. The van der Waals surface area contributed by atoms with E-state index in [2.05, 4.69) is 15.4 Å². The third-order valence-corrected chi connectivity index (χ3v) is 8.36. The number of amides is 2. The fourth-order valence-electron chi connectivity index (χ4n) is 3.30. The van der Waals surface area contributed by atoms with Crippen LogP contribution in [0.2, 0.25) is 10.0 Å². The molecule has 0 aliphatic carbocycles. The molecule has 1 aromatic heterocycles. The van der Waals surface area contributed by atoms with E-state index in [0.29, 0.717) is 22.7 Å². The molecule has 13 heteroatoms. The van der Waals surface area contributed by atoms with Crippen molar-refractivity contribution in [3.8, 4) is 0 Å². The molecule has 0 radical (unpaired) electrons. The molecule has 3 rings (SSSR count). The van der Waals surface area contributed by atoms with Gasteiger partial charge >= 0.3 is 0 Å². The number of rotatable bonds is 12. The van der Waals surface area contributed by atoms with Gasteiger partial charge in [0.1, 0.15) is 10.9 Å². The third kappa shape index (κ3) is 7.84. The molecule has 0 saturated heterocycles. The molecule has 36 heavy (non-hydrogen) atoms. The van der Waals surface area contributed by atoms with E-state index in [1.165, 1.54) is 29.5 Å². The summed E-state index contributed by atoms with van der Waals surface area (Å²) in [7, 11) is -3.85. The van der Waals surface area contributed by atoms with E-state index in [1.54, 1.807) is 6.07 Å². The molecule has 0 saturated carbocycles. The summed E-state index contributed by atoms with van der Waals surface area (Å²) in [5, 5.41) is 6.05. The predicted molar refractivity (Wildman–Crippen MR) is 138 cm³/mol. The van der Waals surface area contributed by atoms with Crippen molar-refractivity contribution in [2.24, 2.45) is 0 Å². The van der Waals surface area contributed by atoms with Gasteiger partial charge in [-0.2, -0.15) is 0 Å². The van der Waals surface area contributed by atoms with Gasteiger partial charge in [-0.1, -0.05) is 41.4 Å². The molecule has 194 valence electrons. The van der Waals surface area contributed by atoms with Gasteiger partial charge in [-0.25, -0.2) is 21.9 Å². The van der Waals surface area contributed by atoms with Gasteiger partial charge in [0, 0.05) is 29.2 Å². The van der Waals surface area contributed by atoms with Crippen molar-refractivity contribution < 1.29 is 26.8 Å². The number of benzene rings is 2. The Morgan fingerprint density at radius 3 is 2.42 bits per heavy atom. The van der Waals surface area contributed by atoms with Crippen molar-refractivity contribution in [2.75, 3.05) is 13.1 Å². The Balaban J connectivity index is 1.47. The summed E-state index contributed by atoms with van der Waals surface area (Å²) in [5.74, 6) is -1.34. The predicted octanol–water partition coefficient (Wildman–Crippen LogP) is 4.84. The van der Waals surface area contributed by atoms with E-state index in [-0.39, 0.29) is 23.0 Å². The summed E-state index contributed by atoms with van der Waals surface area (Å²) in [6.07, 6.45) is -2.89. The van der Waals surface area contributed by atoms with Gasteiger partial charge in [-0.15, -0.1) is 11.3 Å². The van der Waals surface area contributed by atoms with Crippen LogP contribution in [0.15, 0.2) is 53.4 Å². The summed E-state index contributed by atoms with van der Waals surface area (Å²) >= 11 is 12.9. The number of nitrogens with one attached hydrogen (secondary N) is 3. The smallest absolute Gasteiger partial charge is 0.262 e. The Labute approximate surface area is 221 Å². The summed E-state index contributed by atoms with van der Waals surface area (Å²) in [6.45, 7) is 0.182. The lowest BCUT2D eigenvalue weighted by Gasteiger charge is -2.18. The topological polar surface area (TPSA) is 104 Å². The zero-order valence-electron chi connectivity index (χ0n) is 18.8. The Bertz CT molecular complexity index is 1300. The fraction of sp³-hybridized carbons (Fsp3) is 0.304. The Kier molecular flexibility index (Phi) is 10.0. The first-order valence-electron chi connectivity index (χ1n) is 10.9. The Morgan fingerprint density at radius 1 is 1.00 bits per heavy atom. The van der Waals surface area contributed by atoms with E-state index in [0.717, 1.165) is 10.1 Å². The Morgan fingerprint density at radius 2 is 1.72 bits per heavy atom. The van der Waals surface area contributed by atoms with E-state index in [4.69, 9.17) is 23.2 Å². The number of fused-ring (bicyclic) bond motifs is 1. The molecule has 1 unspecified atom stereocenters. The average molecular weight is 578 g/mol. The first-order chi connectivity index (χ1) is 17.1. The molecule has 2 amide bonds. The van der Waals surface area contributed by atoms with Gasteiger partial charge in [0.05, 0.1) is 9.90 Å². The van der Waals surface area contributed by atoms with Crippen molar-refractivity contribution in [1.82, 2.24) is 15.4 Å². The maximum atomic E-state index is 13.0. The molecule has 0 bridgehead atoms. The van der Waals surface area contributed by atoms with Crippen molar-refractivity contribution in [3.63, 3.8) is 0 Å². The second-order valence-electron chi connectivity index (χ2n) is 7.77. The number of thiophene rings is 1. The van der Waals surface area contributed by atoms with E-state index in [1.807, 2.05) is 24.3 Å². The zero-order chi connectivity index (χ0) is 26.3. The van der Waals surface area contributed by atoms with Crippen molar-refractivity contribution in [3.05, 3.63) is 63.5 Å². The summed E-state index contributed by atoms with van der Waals surface area (Å²) in [6, 6.07) is 11.6. The third-order valence-electron chi connectivity index (χ3n) is 5.06. The second-order valence-corrected chi connectivity index (χ2v) is 11.4. The summed E-state index contributed by atoms with van der Waals surface area (Å²) in [5.41, 5.74) is 0. The molecule has 1 atom stereocenters. The van der Waals surface area contributed by atoms with Crippen LogP contribution in [0.1, 0.15) is 28.9 Å². The molecule has 7 nitrogen and oxygen atoms in total. The van der Waals surface area contributed by atoms with Crippen LogP contribution < -0.4 is 15.4 Å². The van der Waals surface area contributed by atoms with Crippen LogP contribution in [0, 0.1) is 0 Å². The zero-order valence-corrected chi connectivity index (χ0v) is 21.9. The number of hydrogen-bond acceptors (Lipinski definition) is 5. The molecule has 0 aliphatic heterocycles. The SMILES string of the molecule is O=C(NC(CC(F)F)C(=O)NCCCCNS(=O)(=O)c1ccc(Cl)cc1Cl)c1cc2ccccc2s1. The molecular weight excluding hydrogens is 555 g/mol. The quantitative estimate of drug-likeness (QED) is 0.268. The number of hydrogen-bond donors (Lipinski definition) is 3. The molecule has 0 fully saturated rings. The number of halogens is 4. The van der Waals surface area contributed by atoms with E-state index < -0.39 is 40.7 Å². The summed E-state index contributed by atoms with van der Waals surface area (Å²) in [4.78, 5) is 25.2. The highest BCUT2D eigenvalue weighted by atomic mass is 35.5. The minimum absolute atomic E-state index is 0.00923. The first-order valence-corrected chi connectivity index (χ1v) is 13.9. The minimum Gasteiger partial charge on any atom is -0.354 e. The normalized spacial score (nSPS) is 12.6. The monoisotopic (exact) mass is 577 g/mol. The van der Waals surface area contributed by atoms with Crippen LogP contribution in [-0.4, -0.2) is 45.8 Å². The molecule has 1 heterocycles. The van der Waals surface area contributed by atoms with Crippen LogP contribution in [0.25, 0.3) is 10.1 Å². The fourth-order valence-corrected chi connectivity index (χ4v) is 6.11. The molecule has 2 aromatic carbocycles. The summed E-state index contributed by atoms with van der Waals surface area (Å²) < 4.78 is 54.1. The van der Waals surface area contributed by atoms with E-state index in [9.17, 15) is 26.8 Å². The van der Waals surface area contributed by atoms with Gasteiger partial charge in [0.25, 0.3) is 5.91 Å². The lowest BCUT2D eigenvalue weighted by atomic mass is 10.2. The second kappa shape index (κ2) is 12.8. The van der Waals surface area contributed by atoms with Crippen LogP contribution in [0.5, 0.6) is 0 Å². The van der Waals surface area contributed by atoms with Crippen LogP contribution in [0.4, 0.5) is 8.78 Å². The van der Waals surface area contributed by atoms with Gasteiger partial charge in [-0.3, -0.25) is 9.59 Å². The van der Waals surface area contributed by atoms with Crippen LogP contribution in [-0.2, 0) is 14.8 Å². The van der Waals surface area contributed by atoms with Gasteiger partial charge in [-0.05, 0) is 48.6 Å². The highest BCUT2D eigenvalue weighted by Crippen LogP contribution is 2.26. The van der Waals surface area contributed by atoms with Crippen LogP contribution >= 0.6 is 34.5 Å². The van der Waals surface area contributed by atoms with Gasteiger partial charge < -0.3 is 10.6 Å². The van der Waals surface area contributed by atoms with Gasteiger partial charge in [0.2, 0.25) is 22.4 Å². The van der Waals surface area contributed by atoms with E-state index >= 15 is 0 Å². The van der Waals surface area contributed by atoms with Gasteiger partial charge in [0.15, 0.2) is 0 Å². The van der Waals surface area contributed by atoms with Crippen molar-refractivity contribution in [1.29, 1.82) is 0 Å². The molecule has 3 N–H and O–H groups in total. The number of carbonyl (C=O) groups is 2. The number of alkyl halides is 2. The average Bonchev–Trinajstić information content (AvgIpc) is 3.24. The van der Waals surface area contributed by atoms with Crippen LogP contribution in [0.3, 0.4) is 0 Å². The number of sulfonamides is 1. The van der Waals surface area contributed by atoms with Crippen molar-refractivity contribution in [2.45, 2.75) is 36.6 Å². The lowest BCUT2D eigenvalue weighted by molar-refractivity contribution is -0.124. The molecular formula is C23H23Cl2F2N3O4S2. The lowest BCUT2D eigenvalue weighted by Crippen LogP contribution is -2.47. The van der Waals surface area contributed by atoms with Crippen molar-refractivity contribution >= 4 is 66.5 Å². The maximum Gasteiger partial charge on any atom is 0.262 e.